The standard InChI is InChI=1S/C13H21NO7/c1-2-3-6-10(9-12(15)20-21-14(17)18)13(16)19-11-7-4-5-8-11/h10-11H,2-9H2,1H3. The summed E-state index contributed by atoms with van der Waals surface area (Å²) in [6, 6.07) is 0. The first-order valence-corrected chi connectivity index (χ1v) is 7.25. The molecule has 1 rings (SSSR count). The first-order chi connectivity index (χ1) is 10.0. The zero-order chi connectivity index (χ0) is 15.7. The highest BCUT2D eigenvalue weighted by Crippen LogP contribution is 2.24. The molecule has 0 N–H and O–H groups in total. The van der Waals surface area contributed by atoms with E-state index in [1.807, 2.05) is 6.92 Å². The summed E-state index contributed by atoms with van der Waals surface area (Å²) in [5.41, 5.74) is 0. The average Bonchev–Trinajstić information content (AvgIpc) is 2.93. The molecule has 1 aliphatic carbocycles. The predicted molar refractivity (Wildman–Crippen MR) is 70.2 cm³/mol. The lowest BCUT2D eigenvalue weighted by atomic mass is 9.98. The van der Waals surface area contributed by atoms with Crippen LogP contribution in [-0.4, -0.2) is 23.1 Å². The van der Waals surface area contributed by atoms with Crippen molar-refractivity contribution in [3.8, 4) is 0 Å². The topological polar surface area (TPSA) is 105 Å². The summed E-state index contributed by atoms with van der Waals surface area (Å²) in [5.74, 6) is -2.03. The molecule has 0 aliphatic heterocycles. The molecule has 1 aliphatic rings. The van der Waals surface area contributed by atoms with Gasteiger partial charge in [-0.1, -0.05) is 24.8 Å². The van der Waals surface area contributed by atoms with Crippen molar-refractivity contribution in [1.29, 1.82) is 0 Å². The Hall–Kier alpha value is -1.86. The van der Waals surface area contributed by atoms with Crippen LogP contribution in [0.25, 0.3) is 0 Å². The fraction of sp³-hybridized carbons (Fsp3) is 0.846. The highest BCUT2D eigenvalue weighted by Gasteiger charge is 2.28. The van der Waals surface area contributed by atoms with Crippen LogP contribution >= 0.6 is 0 Å². The summed E-state index contributed by atoms with van der Waals surface area (Å²) in [4.78, 5) is 40.9. The molecule has 0 aromatic carbocycles. The van der Waals surface area contributed by atoms with E-state index in [1.165, 1.54) is 0 Å². The molecule has 1 unspecified atom stereocenters. The molecule has 1 atom stereocenters. The molecular weight excluding hydrogens is 282 g/mol. The minimum Gasteiger partial charge on any atom is -0.462 e. The number of carbonyl (C=O) groups excluding carboxylic acids is 2. The molecule has 0 radical (unpaired) electrons. The SMILES string of the molecule is CCCCC(CC(=O)OO[N+](=O)[O-])C(=O)OC1CCCC1. The van der Waals surface area contributed by atoms with Crippen LogP contribution in [0, 0.1) is 16.0 Å². The quantitative estimate of drug-likeness (QED) is 0.278. The van der Waals surface area contributed by atoms with Crippen LogP contribution in [0.15, 0.2) is 0 Å². The van der Waals surface area contributed by atoms with Crippen molar-refractivity contribution in [3.05, 3.63) is 10.1 Å². The van der Waals surface area contributed by atoms with Gasteiger partial charge < -0.3 is 4.74 Å². The van der Waals surface area contributed by atoms with Gasteiger partial charge in [0.1, 0.15) is 6.10 Å². The van der Waals surface area contributed by atoms with Crippen LogP contribution in [0.4, 0.5) is 0 Å². The summed E-state index contributed by atoms with van der Waals surface area (Å²) in [7, 11) is 0. The highest BCUT2D eigenvalue weighted by atomic mass is 17.3. The lowest BCUT2D eigenvalue weighted by Crippen LogP contribution is -2.26. The molecule has 8 heteroatoms. The number of carbonyl (C=O) groups is 2. The molecule has 0 heterocycles. The van der Waals surface area contributed by atoms with E-state index in [2.05, 4.69) is 9.88 Å². The Bertz CT molecular complexity index is 366. The summed E-state index contributed by atoms with van der Waals surface area (Å²) in [5, 5.41) is 8.71. The molecule has 8 nitrogen and oxygen atoms in total. The van der Waals surface area contributed by atoms with Crippen LogP contribution in [0.5, 0.6) is 0 Å². The molecule has 0 amide bonds. The second-order valence-electron chi connectivity index (χ2n) is 5.14. The van der Waals surface area contributed by atoms with E-state index in [9.17, 15) is 19.7 Å². The van der Waals surface area contributed by atoms with E-state index in [-0.39, 0.29) is 12.5 Å². The van der Waals surface area contributed by atoms with Crippen molar-refractivity contribution in [2.24, 2.45) is 5.92 Å². The minimum absolute atomic E-state index is 0.0762. The second-order valence-corrected chi connectivity index (χ2v) is 5.14. The molecule has 21 heavy (non-hydrogen) atoms. The molecule has 1 fully saturated rings. The summed E-state index contributed by atoms with van der Waals surface area (Å²) < 4.78 is 5.38. The number of rotatable bonds is 9. The predicted octanol–water partition coefficient (Wildman–Crippen LogP) is 2.34. The third-order valence-corrected chi connectivity index (χ3v) is 3.43. The Morgan fingerprint density at radius 1 is 1.33 bits per heavy atom. The number of esters is 1. The van der Waals surface area contributed by atoms with Crippen molar-refractivity contribution >= 4 is 11.9 Å². The van der Waals surface area contributed by atoms with Gasteiger partial charge in [0.2, 0.25) is 0 Å². The van der Waals surface area contributed by atoms with Gasteiger partial charge >= 0.3 is 17.0 Å². The molecule has 0 saturated heterocycles. The van der Waals surface area contributed by atoms with Crippen LogP contribution in [0.2, 0.25) is 0 Å². The molecule has 120 valence electrons. The lowest BCUT2D eigenvalue weighted by molar-refractivity contribution is -0.839. The number of ether oxygens (including phenoxy) is 1. The monoisotopic (exact) mass is 303 g/mol. The lowest BCUT2D eigenvalue weighted by Gasteiger charge is -2.17. The van der Waals surface area contributed by atoms with E-state index < -0.39 is 22.9 Å². The van der Waals surface area contributed by atoms with E-state index in [0.717, 1.165) is 38.5 Å². The van der Waals surface area contributed by atoms with Crippen molar-refractivity contribution in [1.82, 2.24) is 0 Å². The van der Waals surface area contributed by atoms with Gasteiger partial charge in [0.05, 0.1) is 12.3 Å². The maximum Gasteiger partial charge on any atom is 0.344 e. The van der Waals surface area contributed by atoms with Crippen LogP contribution < -0.4 is 0 Å². The van der Waals surface area contributed by atoms with Crippen molar-refractivity contribution in [2.75, 3.05) is 0 Å². The van der Waals surface area contributed by atoms with Crippen LogP contribution in [0.1, 0.15) is 58.3 Å². The summed E-state index contributed by atoms with van der Waals surface area (Å²) in [6.07, 6.45) is 5.53. The fourth-order valence-corrected chi connectivity index (χ4v) is 2.33. The number of hydrogen-bond donors (Lipinski definition) is 0. The van der Waals surface area contributed by atoms with E-state index in [1.54, 1.807) is 0 Å². The third-order valence-electron chi connectivity index (χ3n) is 3.43. The van der Waals surface area contributed by atoms with E-state index in [0.29, 0.717) is 6.42 Å². The molecular formula is C13H21NO7. The minimum atomic E-state index is -1.23. The summed E-state index contributed by atoms with van der Waals surface area (Å²) >= 11 is 0. The zero-order valence-electron chi connectivity index (χ0n) is 12.1. The zero-order valence-corrected chi connectivity index (χ0v) is 12.1. The van der Waals surface area contributed by atoms with Gasteiger partial charge in [-0.15, -0.1) is 10.1 Å². The maximum absolute atomic E-state index is 12.1. The molecule has 0 spiro atoms. The Morgan fingerprint density at radius 3 is 2.57 bits per heavy atom. The summed E-state index contributed by atoms with van der Waals surface area (Å²) in [6.45, 7) is 1.97. The van der Waals surface area contributed by atoms with Gasteiger partial charge in [-0.3, -0.25) is 9.68 Å². The van der Waals surface area contributed by atoms with E-state index in [4.69, 9.17) is 4.74 Å². The van der Waals surface area contributed by atoms with Gasteiger partial charge in [0.15, 0.2) is 0 Å². The molecule has 0 aromatic rings. The average molecular weight is 303 g/mol. The number of unbranched alkanes of at least 4 members (excludes halogenated alkanes) is 1. The fourth-order valence-electron chi connectivity index (χ4n) is 2.33. The maximum atomic E-state index is 12.1. The molecule has 1 saturated carbocycles. The van der Waals surface area contributed by atoms with E-state index >= 15 is 0 Å². The van der Waals surface area contributed by atoms with Gasteiger partial charge in [0.25, 0.3) is 0 Å². The smallest absolute Gasteiger partial charge is 0.344 e. The number of nitrogens with zero attached hydrogens (tertiary/aromatic N) is 1. The Morgan fingerprint density at radius 2 is 2.00 bits per heavy atom. The normalized spacial score (nSPS) is 16.2. The largest absolute Gasteiger partial charge is 0.462 e. The van der Waals surface area contributed by atoms with Crippen molar-refractivity contribution in [2.45, 2.75) is 64.4 Å². The highest BCUT2D eigenvalue weighted by molar-refractivity contribution is 5.79. The molecule has 0 aromatic heterocycles. The number of hydrogen-bond acceptors (Lipinski definition) is 7. The first kappa shape index (κ1) is 17.2. The van der Waals surface area contributed by atoms with Gasteiger partial charge in [0, 0.05) is 0 Å². The van der Waals surface area contributed by atoms with Gasteiger partial charge in [-0.25, -0.2) is 4.79 Å². The Labute approximate surface area is 122 Å². The second kappa shape index (κ2) is 9.15. The van der Waals surface area contributed by atoms with Crippen LogP contribution in [-0.2, 0) is 24.2 Å². The van der Waals surface area contributed by atoms with Crippen molar-refractivity contribution in [3.63, 3.8) is 0 Å². The third kappa shape index (κ3) is 6.92. The van der Waals surface area contributed by atoms with Crippen molar-refractivity contribution < 1.29 is 29.3 Å². The Balaban J connectivity index is 2.46. The van der Waals surface area contributed by atoms with Gasteiger partial charge in [-0.05, 0) is 32.1 Å². The Kier molecular flexibility index (Phi) is 7.49. The van der Waals surface area contributed by atoms with Crippen LogP contribution in [0.3, 0.4) is 0 Å². The first-order valence-electron chi connectivity index (χ1n) is 7.25. The van der Waals surface area contributed by atoms with Gasteiger partial charge in [-0.2, -0.15) is 0 Å². The molecule has 0 bridgehead atoms.